The zero-order chi connectivity index (χ0) is 22.8. The lowest BCUT2D eigenvalue weighted by atomic mass is 10.2. The molecule has 0 radical (unpaired) electrons. The Morgan fingerprint density at radius 1 is 1.03 bits per heavy atom. The van der Waals surface area contributed by atoms with Crippen LogP contribution in [-0.2, 0) is 11.3 Å². The Morgan fingerprint density at radius 3 is 2.34 bits per heavy atom. The number of nitro benzene ring substituents is 1. The minimum atomic E-state index is -0.534. The molecular formula is C23H21N5O4. The van der Waals surface area contributed by atoms with E-state index in [4.69, 9.17) is 0 Å². The van der Waals surface area contributed by atoms with Gasteiger partial charge in [0.05, 0.1) is 11.5 Å². The van der Waals surface area contributed by atoms with E-state index in [-0.39, 0.29) is 17.9 Å². The average Bonchev–Trinajstić information content (AvgIpc) is 3.34. The molecule has 0 aliphatic carbocycles. The molecule has 1 fully saturated rings. The number of nitrogens with one attached hydrogen (secondary N) is 1. The van der Waals surface area contributed by atoms with Crippen molar-refractivity contribution in [2.75, 3.05) is 19.0 Å². The number of imide groups is 1. The first-order chi connectivity index (χ1) is 15.3. The van der Waals surface area contributed by atoms with Crippen molar-refractivity contribution in [2.45, 2.75) is 6.54 Å². The van der Waals surface area contributed by atoms with Crippen LogP contribution in [0.25, 0.3) is 11.8 Å². The maximum absolute atomic E-state index is 12.8. The summed E-state index contributed by atoms with van der Waals surface area (Å²) in [5.41, 5.74) is 3.47. The van der Waals surface area contributed by atoms with Crippen LogP contribution < -0.4 is 10.2 Å². The van der Waals surface area contributed by atoms with E-state index in [0.29, 0.717) is 5.56 Å². The van der Waals surface area contributed by atoms with Gasteiger partial charge in [0, 0.05) is 49.5 Å². The number of aromatic nitrogens is 1. The summed E-state index contributed by atoms with van der Waals surface area (Å²) >= 11 is 0. The summed E-state index contributed by atoms with van der Waals surface area (Å²) in [5.74, 6) is -0.455. The van der Waals surface area contributed by atoms with Gasteiger partial charge in [0.25, 0.3) is 11.6 Å². The van der Waals surface area contributed by atoms with Crippen molar-refractivity contribution in [2.24, 2.45) is 0 Å². The third-order valence-electron chi connectivity index (χ3n) is 5.17. The van der Waals surface area contributed by atoms with Gasteiger partial charge in [0.1, 0.15) is 5.70 Å². The molecule has 1 aliphatic rings. The molecule has 1 N–H and O–H groups in total. The van der Waals surface area contributed by atoms with Crippen LogP contribution in [-0.4, -0.2) is 40.4 Å². The first-order valence-electron chi connectivity index (χ1n) is 9.86. The molecule has 3 amide bonds. The van der Waals surface area contributed by atoms with Gasteiger partial charge in [-0.25, -0.2) is 4.79 Å². The summed E-state index contributed by atoms with van der Waals surface area (Å²) in [6.07, 6.45) is 3.52. The van der Waals surface area contributed by atoms with Crippen molar-refractivity contribution in [3.63, 3.8) is 0 Å². The van der Waals surface area contributed by atoms with Gasteiger partial charge in [-0.2, -0.15) is 0 Å². The van der Waals surface area contributed by atoms with Crippen molar-refractivity contribution in [3.8, 4) is 5.69 Å². The number of hydrogen-bond acceptors (Lipinski definition) is 5. The maximum Gasteiger partial charge on any atom is 0.329 e. The topological polar surface area (TPSA) is 101 Å². The van der Waals surface area contributed by atoms with E-state index in [0.717, 1.165) is 22.0 Å². The predicted octanol–water partition coefficient (Wildman–Crippen LogP) is 3.54. The van der Waals surface area contributed by atoms with Gasteiger partial charge in [0.2, 0.25) is 0 Å². The van der Waals surface area contributed by atoms with Crippen LogP contribution in [0, 0.1) is 10.1 Å². The number of hydrogen-bond donors (Lipinski definition) is 1. The van der Waals surface area contributed by atoms with Gasteiger partial charge in [-0.1, -0.05) is 12.1 Å². The summed E-state index contributed by atoms with van der Waals surface area (Å²) in [5, 5.41) is 13.4. The number of non-ortho nitro benzene ring substituents is 1. The SMILES string of the molecule is CN(C)c1ccc(-n2cccc2/C=C2\NC(=O)N(Cc3ccc([N+](=O)[O-])cc3)C2=O)cc1. The van der Waals surface area contributed by atoms with Crippen molar-refractivity contribution >= 4 is 29.4 Å². The van der Waals surface area contributed by atoms with Crippen LogP contribution in [0.5, 0.6) is 0 Å². The number of carbonyl (C=O) groups is 2. The number of benzene rings is 2. The lowest BCUT2D eigenvalue weighted by molar-refractivity contribution is -0.384. The molecule has 0 unspecified atom stereocenters. The predicted molar refractivity (Wildman–Crippen MR) is 120 cm³/mol. The number of rotatable bonds is 6. The molecule has 32 heavy (non-hydrogen) atoms. The third kappa shape index (κ3) is 4.08. The Kier molecular flexibility index (Phi) is 5.46. The summed E-state index contributed by atoms with van der Waals surface area (Å²) in [6.45, 7) is 0.0208. The summed E-state index contributed by atoms with van der Waals surface area (Å²) in [6, 6.07) is 16.9. The Balaban J connectivity index is 1.55. The summed E-state index contributed by atoms with van der Waals surface area (Å²) in [7, 11) is 3.94. The van der Waals surface area contributed by atoms with Crippen molar-refractivity contribution < 1.29 is 14.5 Å². The number of nitro groups is 1. The Labute approximate surface area is 184 Å². The smallest absolute Gasteiger partial charge is 0.329 e. The number of amides is 3. The molecular weight excluding hydrogens is 410 g/mol. The van der Waals surface area contributed by atoms with Gasteiger partial charge in [-0.15, -0.1) is 0 Å². The molecule has 1 saturated heterocycles. The molecule has 9 heteroatoms. The van der Waals surface area contributed by atoms with Crippen LogP contribution in [0.15, 0.2) is 72.6 Å². The molecule has 9 nitrogen and oxygen atoms in total. The Bertz CT molecular complexity index is 1210. The van der Waals surface area contributed by atoms with Crippen LogP contribution in [0.4, 0.5) is 16.2 Å². The fourth-order valence-electron chi connectivity index (χ4n) is 3.43. The average molecular weight is 431 g/mol. The molecule has 1 aromatic heterocycles. The van der Waals surface area contributed by atoms with Gasteiger partial charge >= 0.3 is 6.03 Å². The molecule has 2 heterocycles. The van der Waals surface area contributed by atoms with E-state index in [1.807, 2.05) is 66.2 Å². The van der Waals surface area contributed by atoms with Gasteiger partial charge in [0.15, 0.2) is 0 Å². The van der Waals surface area contributed by atoms with Crippen molar-refractivity contribution in [3.05, 3.63) is 93.9 Å². The second kappa shape index (κ2) is 8.38. The van der Waals surface area contributed by atoms with Crippen LogP contribution >= 0.6 is 0 Å². The van der Waals surface area contributed by atoms with Gasteiger partial charge < -0.3 is 14.8 Å². The van der Waals surface area contributed by atoms with Gasteiger partial charge in [-0.05, 0) is 48.0 Å². The van der Waals surface area contributed by atoms with E-state index in [1.165, 1.54) is 24.3 Å². The van der Waals surface area contributed by atoms with Crippen LogP contribution in [0.3, 0.4) is 0 Å². The number of nitrogens with zero attached hydrogens (tertiary/aromatic N) is 4. The second-order valence-corrected chi connectivity index (χ2v) is 7.52. The third-order valence-corrected chi connectivity index (χ3v) is 5.17. The molecule has 1 aliphatic heterocycles. The highest BCUT2D eigenvalue weighted by Gasteiger charge is 2.33. The quantitative estimate of drug-likeness (QED) is 0.278. The normalized spacial score (nSPS) is 14.7. The molecule has 0 saturated carbocycles. The number of carbonyl (C=O) groups excluding carboxylic acids is 2. The molecule has 0 atom stereocenters. The zero-order valence-corrected chi connectivity index (χ0v) is 17.6. The molecule has 162 valence electrons. The minimum absolute atomic E-state index is 0.0208. The fourth-order valence-corrected chi connectivity index (χ4v) is 3.43. The largest absolute Gasteiger partial charge is 0.378 e. The standard InChI is InChI=1S/C23H21N5O4/c1-25(2)17-9-11-18(12-10-17)26-13-3-4-20(26)14-21-22(29)27(23(30)24-21)15-16-5-7-19(8-6-16)28(31)32/h3-14H,15H2,1-2H3,(H,24,30)/b21-14-. The number of urea groups is 1. The molecule has 4 rings (SSSR count). The lowest BCUT2D eigenvalue weighted by Gasteiger charge is -2.14. The highest BCUT2D eigenvalue weighted by atomic mass is 16.6. The summed E-state index contributed by atoms with van der Waals surface area (Å²) < 4.78 is 1.92. The van der Waals surface area contributed by atoms with Crippen LogP contribution in [0.2, 0.25) is 0 Å². The Morgan fingerprint density at radius 2 is 1.72 bits per heavy atom. The zero-order valence-electron chi connectivity index (χ0n) is 17.6. The van der Waals surface area contributed by atoms with Crippen molar-refractivity contribution in [1.29, 1.82) is 0 Å². The van der Waals surface area contributed by atoms with E-state index < -0.39 is 16.9 Å². The van der Waals surface area contributed by atoms with Crippen molar-refractivity contribution in [1.82, 2.24) is 14.8 Å². The second-order valence-electron chi connectivity index (χ2n) is 7.52. The maximum atomic E-state index is 12.8. The first-order valence-corrected chi connectivity index (χ1v) is 9.86. The first kappa shape index (κ1) is 20.9. The Hall–Kier alpha value is -4.40. The molecule has 0 spiro atoms. The lowest BCUT2D eigenvalue weighted by Crippen LogP contribution is -2.30. The molecule has 3 aromatic rings. The van der Waals surface area contributed by atoms with E-state index in [1.54, 1.807) is 6.08 Å². The number of anilines is 1. The van der Waals surface area contributed by atoms with E-state index >= 15 is 0 Å². The molecule has 2 aromatic carbocycles. The van der Waals surface area contributed by atoms with Gasteiger partial charge in [-0.3, -0.25) is 19.8 Å². The highest BCUT2D eigenvalue weighted by Crippen LogP contribution is 2.22. The van der Waals surface area contributed by atoms with Crippen LogP contribution in [0.1, 0.15) is 11.3 Å². The monoisotopic (exact) mass is 431 g/mol. The molecule has 0 bridgehead atoms. The highest BCUT2D eigenvalue weighted by molar-refractivity contribution is 6.13. The van der Waals surface area contributed by atoms with E-state index in [9.17, 15) is 19.7 Å². The fraction of sp³-hybridized carbons (Fsp3) is 0.130. The van der Waals surface area contributed by atoms with E-state index in [2.05, 4.69) is 5.32 Å². The minimum Gasteiger partial charge on any atom is -0.378 e. The summed E-state index contributed by atoms with van der Waals surface area (Å²) in [4.78, 5) is 38.6.